The van der Waals surface area contributed by atoms with Gasteiger partial charge in [-0.3, -0.25) is 0 Å². The molecule has 7 heteroatoms. The maximum atomic E-state index is 9.83. The van der Waals surface area contributed by atoms with E-state index in [1.54, 1.807) is 0 Å². The Morgan fingerprint density at radius 3 is 1.43 bits per heavy atom. The van der Waals surface area contributed by atoms with Crippen LogP contribution in [-0.4, -0.2) is 8.42 Å². The van der Waals surface area contributed by atoms with Crippen molar-refractivity contribution in [3.8, 4) is 0 Å². The molecule has 7 heavy (non-hydrogen) atoms. The molecule has 0 unspecified atom stereocenters. The molecule has 0 rings (SSSR count). The van der Waals surface area contributed by atoms with Crippen molar-refractivity contribution in [2.75, 3.05) is 0 Å². The van der Waals surface area contributed by atoms with E-state index >= 15 is 0 Å². The lowest BCUT2D eigenvalue weighted by Gasteiger charge is -1.86. The molecule has 0 aliphatic rings. The van der Waals surface area contributed by atoms with E-state index in [1.165, 1.54) is 0 Å². The molecule has 0 aliphatic heterocycles. The normalized spacial score (nSPS) is 11.7. The van der Waals surface area contributed by atoms with Gasteiger partial charge in [-0.25, -0.2) is 0 Å². The van der Waals surface area contributed by atoms with E-state index in [1.807, 2.05) is 0 Å². The molecule has 0 saturated carbocycles. The molecule has 0 spiro atoms. The van der Waals surface area contributed by atoms with Crippen LogP contribution in [0.5, 0.6) is 0 Å². The van der Waals surface area contributed by atoms with E-state index in [0.29, 0.717) is 0 Å². The van der Waals surface area contributed by atoms with Gasteiger partial charge in [0.05, 0.1) is 0 Å². The van der Waals surface area contributed by atoms with Gasteiger partial charge in [-0.05, 0) is 0 Å². The minimum atomic E-state index is -3.82. The van der Waals surface area contributed by atoms with Crippen molar-refractivity contribution >= 4 is 42.9 Å². The number of hydrogen-bond acceptors (Lipinski definition) is 4. The van der Waals surface area contributed by atoms with Crippen LogP contribution in [0.2, 0.25) is 0 Å². The topological polar surface area (TPSA) is 52.6 Å². The highest BCUT2D eigenvalue weighted by molar-refractivity contribution is 9.08. The quantitative estimate of drug-likeness (QED) is 0.735. The Morgan fingerprint density at radius 1 is 1.14 bits per heavy atom. The third-order valence-corrected chi connectivity index (χ3v) is 2.41. The van der Waals surface area contributed by atoms with E-state index in [9.17, 15) is 8.42 Å². The third-order valence-electron chi connectivity index (χ3n) is 0.154. The first-order chi connectivity index (χ1) is 3.12. The van der Waals surface area contributed by atoms with Gasteiger partial charge in [-0.1, -0.05) is 0 Å². The Kier molecular flexibility index (Phi) is 3.33. The molecule has 0 atom stereocenters. The smallest absolute Gasteiger partial charge is 0.167 e. The second-order valence-corrected chi connectivity index (χ2v) is 3.19. The molecular formula is Br2O4S. The summed E-state index contributed by atoms with van der Waals surface area (Å²) in [5.74, 6) is 0. The largest absolute Gasteiger partial charge is 0.421 e. The standard InChI is InChI=1S/Br2O4S/c1-5-7(3,4)6-2. The summed E-state index contributed by atoms with van der Waals surface area (Å²) in [4.78, 5) is 0. The molecule has 0 amide bonds. The predicted octanol–water partition coefficient (Wildman–Crippen LogP) is 0.884. The van der Waals surface area contributed by atoms with Crippen molar-refractivity contribution in [1.29, 1.82) is 0 Å². The van der Waals surface area contributed by atoms with Gasteiger partial charge >= 0.3 is 10.4 Å². The van der Waals surface area contributed by atoms with Crippen molar-refractivity contribution in [2.24, 2.45) is 0 Å². The first-order valence-electron chi connectivity index (χ1n) is 0.975. The van der Waals surface area contributed by atoms with Crippen LogP contribution in [0, 0.1) is 0 Å². The highest BCUT2D eigenvalue weighted by Crippen LogP contribution is 2.03. The lowest BCUT2D eigenvalue weighted by Crippen LogP contribution is -1.94. The second kappa shape index (κ2) is 2.98. The van der Waals surface area contributed by atoms with Crippen LogP contribution in [0.1, 0.15) is 0 Å². The molecule has 0 radical (unpaired) electrons. The van der Waals surface area contributed by atoms with Crippen molar-refractivity contribution in [3.05, 3.63) is 0 Å². The fraction of sp³-hybridized carbons (Fsp3) is 0. The molecule has 0 saturated heterocycles. The molecule has 0 N–H and O–H groups in total. The number of hydrogen-bond donors (Lipinski definition) is 0. The van der Waals surface area contributed by atoms with Gasteiger partial charge in [0.25, 0.3) is 0 Å². The van der Waals surface area contributed by atoms with Crippen LogP contribution in [0.15, 0.2) is 0 Å². The van der Waals surface area contributed by atoms with Crippen molar-refractivity contribution in [1.82, 2.24) is 0 Å². The van der Waals surface area contributed by atoms with Crippen LogP contribution in [0.4, 0.5) is 0 Å². The summed E-state index contributed by atoms with van der Waals surface area (Å²) in [6.45, 7) is 0. The minimum absolute atomic E-state index is 2.19. The van der Waals surface area contributed by atoms with Gasteiger partial charge in [0.2, 0.25) is 0 Å². The number of rotatable bonds is 2. The lowest BCUT2D eigenvalue weighted by molar-refractivity contribution is 0.452. The van der Waals surface area contributed by atoms with Gasteiger partial charge in [-0.15, -0.1) is 0 Å². The molecule has 44 valence electrons. The van der Waals surface area contributed by atoms with E-state index in [4.69, 9.17) is 0 Å². The second-order valence-electron chi connectivity index (χ2n) is 0.534. The summed E-state index contributed by atoms with van der Waals surface area (Å²) < 4.78 is 26.9. The van der Waals surface area contributed by atoms with Crippen LogP contribution >= 0.6 is 32.5 Å². The Labute approximate surface area is 58.0 Å². The summed E-state index contributed by atoms with van der Waals surface area (Å²) in [6, 6.07) is 0. The van der Waals surface area contributed by atoms with E-state index < -0.39 is 10.4 Å². The molecule has 0 heterocycles. The van der Waals surface area contributed by atoms with Gasteiger partial charge < -0.3 is 0 Å². The first kappa shape index (κ1) is 7.83. The van der Waals surface area contributed by atoms with Gasteiger partial charge in [0.1, 0.15) is 32.5 Å². The predicted molar refractivity (Wildman–Crippen MR) is 28.9 cm³/mol. The Morgan fingerprint density at radius 2 is 1.43 bits per heavy atom. The van der Waals surface area contributed by atoms with Crippen LogP contribution < -0.4 is 0 Å². The third kappa shape index (κ3) is 3.42. The monoisotopic (exact) mass is 254 g/mol. The summed E-state index contributed by atoms with van der Waals surface area (Å²) in [6.07, 6.45) is 0. The van der Waals surface area contributed by atoms with Gasteiger partial charge in [0.15, 0.2) is 0 Å². The SMILES string of the molecule is O=S(=O)(OBr)OBr. The molecule has 0 bridgehead atoms. The summed E-state index contributed by atoms with van der Waals surface area (Å²) in [5.41, 5.74) is 0. The lowest BCUT2D eigenvalue weighted by atomic mass is 15.8. The molecule has 0 aromatic carbocycles. The Bertz CT molecular complexity index is 113. The average molecular weight is 256 g/mol. The van der Waals surface area contributed by atoms with Gasteiger partial charge in [-0.2, -0.15) is 15.0 Å². The molecule has 0 aromatic heterocycles. The molecular weight excluding hydrogens is 256 g/mol. The number of halogens is 2. The van der Waals surface area contributed by atoms with Gasteiger partial charge in [0, 0.05) is 0 Å². The van der Waals surface area contributed by atoms with Crippen LogP contribution in [0.25, 0.3) is 0 Å². The maximum absolute atomic E-state index is 9.83. The summed E-state index contributed by atoms with van der Waals surface area (Å²) in [7, 11) is -3.82. The van der Waals surface area contributed by atoms with E-state index in [2.05, 4.69) is 39.1 Å². The molecule has 0 fully saturated rings. The van der Waals surface area contributed by atoms with Crippen LogP contribution in [-0.2, 0) is 16.9 Å². The van der Waals surface area contributed by atoms with E-state index in [-0.39, 0.29) is 0 Å². The van der Waals surface area contributed by atoms with Crippen molar-refractivity contribution in [3.63, 3.8) is 0 Å². The average Bonchev–Trinajstić information content (AvgIpc) is 1.68. The van der Waals surface area contributed by atoms with E-state index in [0.717, 1.165) is 0 Å². The first-order valence-corrected chi connectivity index (χ1v) is 3.60. The Balaban J connectivity index is 3.89. The van der Waals surface area contributed by atoms with Crippen LogP contribution in [0.3, 0.4) is 0 Å². The minimum Gasteiger partial charge on any atom is -0.167 e. The Hall–Kier alpha value is 0.830. The zero-order chi connectivity index (χ0) is 5.91. The van der Waals surface area contributed by atoms with Crippen molar-refractivity contribution in [2.45, 2.75) is 0 Å². The fourth-order valence-corrected chi connectivity index (χ4v) is 0.787. The fourth-order valence-electron chi connectivity index (χ4n) is 0.00972. The summed E-state index contributed by atoms with van der Waals surface area (Å²) >= 11 is 4.38. The maximum Gasteiger partial charge on any atom is 0.421 e. The highest BCUT2D eigenvalue weighted by Gasteiger charge is 2.05. The zero-order valence-electron chi connectivity index (χ0n) is 2.80. The summed E-state index contributed by atoms with van der Waals surface area (Å²) in [5, 5.41) is 0. The van der Waals surface area contributed by atoms with Crippen molar-refractivity contribution < 1.29 is 15.0 Å². The molecule has 4 nitrogen and oxygen atoms in total. The molecule has 0 aliphatic carbocycles. The zero-order valence-corrected chi connectivity index (χ0v) is 6.79. The highest BCUT2D eigenvalue weighted by atomic mass is 79.9. The molecule has 0 aromatic rings.